The van der Waals surface area contributed by atoms with Crippen LogP contribution in [0.4, 0.5) is 4.79 Å². The number of carbonyl (C=O) groups excluding carboxylic acids is 3. The van der Waals surface area contributed by atoms with Gasteiger partial charge in [0.2, 0.25) is 0 Å². The number of ether oxygens (including phenoxy) is 4. The third-order valence-corrected chi connectivity index (χ3v) is 7.08. The number of hydrogen-bond acceptors (Lipinski definition) is 10. The molecule has 1 fully saturated rings. The van der Waals surface area contributed by atoms with E-state index in [9.17, 15) is 19.5 Å². The number of rotatable bonds is 7. The van der Waals surface area contributed by atoms with E-state index < -0.39 is 53.4 Å². The molecular formula is C29H32N2O8S. The molecule has 0 unspecified atom stereocenters. The number of carbonyl (C=O) groups is 3. The Kier molecular flexibility index (Phi) is 9.28. The Morgan fingerprint density at radius 1 is 1.05 bits per heavy atom. The number of amidine groups is 1. The molecule has 11 heteroatoms. The molecule has 0 spiro atoms. The van der Waals surface area contributed by atoms with Gasteiger partial charge >= 0.3 is 18.0 Å². The van der Waals surface area contributed by atoms with Crippen LogP contribution in [0, 0.1) is 0 Å². The predicted molar refractivity (Wildman–Crippen MR) is 149 cm³/mol. The standard InChI is InChI=1S/C29H32N2O8S/c1-5-16-31(28(35)39-29(2,3)4)27-30-21-22(32)23(38-25(34)19-14-10-7-11-15-19)20(37-26(21)40-27)17-36-24(33)18-12-8-6-9-13-18/h5-15,20-23,26,32H,1,16-17H2,2-4H3/t20-,21+,22-,23+,26+/m0/s1. The topological polar surface area (TPSA) is 124 Å². The zero-order valence-corrected chi connectivity index (χ0v) is 23.3. The van der Waals surface area contributed by atoms with E-state index in [-0.39, 0.29) is 23.9 Å². The van der Waals surface area contributed by atoms with Crippen molar-refractivity contribution in [2.75, 3.05) is 13.2 Å². The fourth-order valence-electron chi connectivity index (χ4n) is 4.07. The summed E-state index contributed by atoms with van der Waals surface area (Å²) in [5.41, 5.74) is -0.864. The number of aliphatic hydroxyl groups excluding tert-OH is 1. The highest BCUT2D eigenvalue weighted by Gasteiger charge is 2.52. The van der Waals surface area contributed by atoms with E-state index in [2.05, 4.69) is 11.6 Å². The summed E-state index contributed by atoms with van der Waals surface area (Å²) in [7, 11) is 0. The Morgan fingerprint density at radius 2 is 1.65 bits per heavy atom. The van der Waals surface area contributed by atoms with Crippen molar-refractivity contribution in [3.05, 3.63) is 84.4 Å². The molecule has 2 aliphatic heterocycles. The number of amides is 1. The molecular weight excluding hydrogens is 536 g/mol. The summed E-state index contributed by atoms with van der Waals surface area (Å²) in [5.74, 6) is -1.27. The van der Waals surface area contributed by atoms with Crippen molar-refractivity contribution in [2.45, 2.75) is 56.2 Å². The predicted octanol–water partition coefficient (Wildman–Crippen LogP) is 4.05. The molecule has 40 heavy (non-hydrogen) atoms. The summed E-state index contributed by atoms with van der Waals surface area (Å²) >= 11 is 1.12. The highest BCUT2D eigenvalue weighted by atomic mass is 32.2. The normalized spacial score (nSPS) is 23.8. The van der Waals surface area contributed by atoms with Gasteiger partial charge in [-0.05, 0) is 45.0 Å². The van der Waals surface area contributed by atoms with Crippen LogP contribution in [0.2, 0.25) is 0 Å². The summed E-state index contributed by atoms with van der Waals surface area (Å²) in [6.07, 6.45) is -2.64. The Hall–Kier alpha value is -3.67. The second-order valence-corrected chi connectivity index (χ2v) is 11.2. The second-order valence-electron chi connectivity index (χ2n) is 10.1. The van der Waals surface area contributed by atoms with E-state index in [0.29, 0.717) is 5.56 Å². The first-order valence-electron chi connectivity index (χ1n) is 12.7. The fraction of sp³-hybridized carbons (Fsp3) is 0.379. The molecule has 10 nitrogen and oxygen atoms in total. The van der Waals surface area contributed by atoms with Gasteiger partial charge < -0.3 is 24.1 Å². The minimum atomic E-state index is -1.32. The molecule has 1 amide bonds. The maximum atomic E-state index is 12.9. The van der Waals surface area contributed by atoms with Crippen molar-refractivity contribution in [2.24, 2.45) is 4.99 Å². The zero-order valence-electron chi connectivity index (χ0n) is 22.5. The van der Waals surface area contributed by atoms with Crippen LogP contribution in [0.1, 0.15) is 41.5 Å². The van der Waals surface area contributed by atoms with Crippen molar-refractivity contribution < 1.29 is 38.4 Å². The number of esters is 2. The van der Waals surface area contributed by atoms with Crippen LogP contribution >= 0.6 is 11.8 Å². The van der Waals surface area contributed by atoms with Gasteiger partial charge in [-0.3, -0.25) is 9.89 Å². The van der Waals surface area contributed by atoms with Crippen molar-refractivity contribution in [1.29, 1.82) is 0 Å². The lowest BCUT2D eigenvalue weighted by Crippen LogP contribution is -2.57. The molecule has 0 saturated carbocycles. The summed E-state index contributed by atoms with van der Waals surface area (Å²) in [5, 5.41) is 11.6. The molecule has 5 atom stereocenters. The summed E-state index contributed by atoms with van der Waals surface area (Å²) in [6, 6.07) is 15.9. The van der Waals surface area contributed by atoms with Crippen molar-refractivity contribution in [3.8, 4) is 0 Å². The van der Waals surface area contributed by atoms with Crippen molar-refractivity contribution in [1.82, 2.24) is 4.90 Å². The molecule has 0 bridgehead atoms. The van der Waals surface area contributed by atoms with Gasteiger partial charge in [-0.25, -0.2) is 14.4 Å². The minimum Gasteiger partial charge on any atom is -0.459 e. The van der Waals surface area contributed by atoms with Crippen LogP contribution in [0.15, 0.2) is 78.3 Å². The maximum absolute atomic E-state index is 12.9. The molecule has 0 radical (unpaired) electrons. The van der Waals surface area contributed by atoms with Crippen LogP contribution in [-0.4, -0.2) is 81.7 Å². The maximum Gasteiger partial charge on any atom is 0.416 e. The monoisotopic (exact) mass is 568 g/mol. The average Bonchev–Trinajstić information content (AvgIpc) is 3.36. The van der Waals surface area contributed by atoms with Gasteiger partial charge in [-0.1, -0.05) is 54.2 Å². The van der Waals surface area contributed by atoms with Crippen LogP contribution in [0.25, 0.3) is 0 Å². The van der Waals surface area contributed by atoms with E-state index in [1.54, 1.807) is 81.4 Å². The van der Waals surface area contributed by atoms with Crippen molar-refractivity contribution in [3.63, 3.8) is 0 Å². The largest absolute Gasteiger partial charge is 0.459 e. The van der Waals surface area contributed by atoms with Gasteiger partial charge in [-0.2, -0.15) is 0 Å². The average molecular weight is 569 g/mol. The van der Waals surface area contributed by atoms with Crippen LogP contribution in [0.3, 0.4) is 0 Å². The third kappa shape index (κ3) is 7.09. The Bertz CT molecular complexity index is 1250. The quantitative estimate of drug-likeness (QED) is 0.299. The third-order valence-electron chi connectivity index (χ3n) is 5.92. The lowest BCUT2D eigenvalue weighted by molar-refractivity contribution is -0.167. The highest BCUT2D eigenvalue weighted by molar-refractivity contribution is 8.14. The molecule has 2 aromatic rings. The summed E-state index contributed by atoms with van der Waals surface area (Å²) in [4.78, 5) is 44.3. The molecule has 2 aromatic carbocycles. The Balaban J connectivity index is 1.56. The van der Waals surface area contributed by atoms with Gasteiger partial charge in [0.05, 0.1) is 11.1 Å². The van der Waals surface area contributed by atoms with E-state index in [1.165, 1.54) is 11.0 Å². The smallest absolute Gasteiger partial charge is 0.416 e. The van der Waals surface area contributed by atoms with Crippen LogP contribution < -0.4 is 0 Å². The number of aliphatic hydroxyl groups is 1. The van der Waals surface area contributed by atoms with E-state index in [1.807, 2.05) is 0 Å². The first-order valence-corrected chi connectivity index (χ1v) is 13.6. The summed E-state index contributed by atoms with van der Waals surface area (Å²) < 4.78 is 22.9. The van der Waals surface area contributed by atoms with Gasteiger partial charge in [0, 0.05) is 6.54 Å². The van der Waals surface area contributed by atoms with Crippen molar-refractivity contribution >= 4 is 35.0 Å². The molecule has 2 aliphatic rings. The Labute approximate surface area is 237 Å². The molecule has 1 saturated heterocycles. The second kappa shape index (κ2) is 12.7. The van der Waals surface area contributed by atoms with Gasteiger partial charge in [0.25, 0.3) is 0 Å². The number of fused-ring (bicyclic) bond motifs is 1. The number of nitrogens with zero attached hydrogens (tertiary/aromatic N) is 2. The number of aliphatic imine (C=N–C) groups is 1. The Morgan fingerprint density at radius 3 is 2.23 bits per heavy atom. The SMILES string of the molecule is C=CCN(C(=O)OC(C)(C)C)C1=N[C@@H]2[C@H](O)[C@H](OC(=O)c3ccccc3)[C@H](COC(=O)c3ccccc3)O[C@@H]2S1. The molecule has 4 rings (SSSR count). The van der Waals surface area contributed by atoms with E-state index >= 15 is 0 Å². The van der Waals surface area contributed by atoms with Gasteiger partial charge in [0.15, 0.2) is 11.3 Å². The molecule has 0 aromatic heterocycles. The number of benzene rings is 2. The molecule has 0 aliphatic carbocycles. The minimum absolute atomic E-state index is 0.112. The first kappa shape index (κ1) is 29.3. The van der Waals surface area contributed by atoms with E-state index in [4.69, 9.17) is 18.9 Å². The number of thioether (sulfide) groups is 1. The molecule has 212 valence electrons. The first-order chi connectivity index (χ1) is 19.1. The van der Waals surface area contributed by atoms with Crippen LogP contribution in [-0.2, 0) is 18.9 Å². The van der Waals surface area contributed by atoms with Gasteiger partial charge in [0.1, 0.15) is 35.9 Å². The lowest BCUT2D eigenvalue weighted by atomic mass is 9.98. The lowest BCUT2D eigenvalue weighted by Gasteiger charge is -2.39. The summed E-state index contributed by atoms with van der Waals surface area (Å²) in [6.45, 7) is 8.78. The van der Waals surface area contributed by atoms with Crippen LogP contribution in [0.5, 0.6) is 0 Å². The fourth-order valence-corrected chi connectivity index (χ4v) is 5.30. The van der Waals surface area contributed by atoms with E-state index in [0.717, 1.165) is 11.8 Å². The number of hydrogen-bond donors (Lipinski definition) is 1. The molecule has 1 N–H and O–H groups in total. The molecule has 2 heterocycles. The zero-order chi connectivity index (χ0) is 28.9. The van der Waals surface area contributed by atoms with Gasteiger partial charge in [-0.15, -0.1) is 6.58 Å². The highest BCUT2D eigenvalue weighted by Crippen LogP contribution is 2.39.